The van der Waals surface area contributed by atoms with Gasteiger partial charge in [-0.1, -0.05) is 127 Å². The molecule has 0 fully saturated rings. The van der Waals surface area contributed by atoms with Gasteiger partial charge in [-0.15, -0.1) is 11.3 Å². The fourth-order valence-corrected chi connectivity index (χ4v) is 9.51. The van der Waals surface area contributed by atoms with Crippen LogP contribution in [-0.4, -0.2) is 4.57 Å². The molecule has 11 rings (SSSR count). The molecule has 0 saturated heterocycles. The molecule has 0 aliphatic heterocycles. The monoisotopic (exact) mass is 692 g/mol. The van der Waals surface area contributed by atoms with Crippen molar-refractivity contribution >= 4 is 91.9 Å². The number of hydrogen-bond donors (Lipinski definition) is 0. The van der Waals surface area contributed by atoms with E-state index < -0.39 is 0 Å². The van der Waals surface area contributed by atoms with Gasteiger partial charge in [0.2, 0.25) is 0 Å². The maximum absolute atomic E-state index is 2.47. The summed E-state index contributed by atoms with van der Waals surface area (Å²) in [5.74, 6) is 0. The third-order valence-corrected chi connectivity index (χ3v) is 11.9. The number of anilines is 3. The minimum absolute atomic E-state index is 1.12. The van der Waals surface area contributed by atoms with Crippen molar-refractivity contribution in [2.24, 2.45) is 0 Å². The zero-order valence-corrected chi connectivity index (χ0v) is 29.6. The summed E-state index contributed by atoms with van der Waals surface area (Å²) in [6, 6.07) is 71.0. The fraction of sp³-hybridized carbons (Fsp3) is 0. The largest absolute Gasteiger partial charge is 0.310 e. The van der Waals surface area contributed by atoms with Gasteiger partial charge in [-0.05, 0) is 88.5 Å². The second-order valence-electron chi connectivity index (χ2n) is 13.8. The lowest BCUT2D eigenvalue weighted by Gasteiger charge is -2.27. The Morgan fingerprint density at radius 3 is 1.87 bits per heavy atom. The second kappa shape index (κ2) is 11.9. The smallest absolute Gasteiger partial charge is 0.0547 e. The van der Waals surface area contributed by atoms with Gasteiger partial charge < -0.3 is 9.47 Å². The zero-order valence-electron chi connectivity index (χ0n) is 28.8. The van der Waals surface area contributed by atoms with Crippen LogP contribution in [0.2, 0.25) is 0 Å². The first kappa shape index (κ1) is 30.0. The summed E-state index contributed by atoms with van der Waals surface area (Å²) in [4.78, 5) is 2.37. The van der Waals surface area contributed by atoms with Crippen molar-refractivity contribution in [3.8, 4) is 16.8 Å². The van der Waals surface area contributed by atoms with Crippen molar-refractivity contribution in [1.82, 2.24) is 4.57 Å². The third-order valence-electron chi connectivity index (χ3n) is 10.7. The predicted molar refractivity (Wildman–Crippen MR) is 229 cm³/mol. The Bertz CT molecular complexity index is 3160. The first-order valence-corrected chi connectivity index (χ1v) is 18.9. The van der Waals surface area contributed by atoms with Crippen LogP contribution in [0.25, 0.3) is 80.3 Å². The maximum atomic E-state index is 2.47. The maximum Gasteiger partial charge on any atom is 0.0547 e. The normalized spacial score (nSPS) is 11.8. The highest BCUT2D eigenvalue weighted by Gasteiger charge is 2.19. The van der Waals surface area contributed by atoms with E-state index in [9.17, 15) is 0 Å². The quantitative estimate of drug-likeness (QED) is 0.174. The van der Waals surface area contributed by atoms with Crippen LogP contribution in [0, 0.1) is 0 Å². The molecule has 9 aromatic carbocycles. The number of benzene rings is 9. The van der Waals surface area contributed by atoms with E-state index in [0.29, 0.717) is 0 Å². The number of aromatic nitrogens is 1. The van der Waals surface area contributed by atoms with E-state index in [4.69, 9.17) is 0 Å². The highest BCUT2D eigenvalue weighted by molar-refractivity contribution is 7.26. The second-order valence-corrected chi connectivity index (χ2v) is 14.8. The SMILES string of the molecule is c1ccc(N(c2ccc(-c3cc(-n4c5ccccc5c5cc6ccccc6cc54)cc4c3sc3ccccc34)cc2)c2cccc3ccccc23)cc1. The van der Waals surface area contributed by atoms with Crippen molar-refractivity contribution in [2.75, 3.05) is 4.90 Å². The summed E-state index contributed by atoms with van der Waals surface area (Å²) >= 11 is 1.88. The molecule has 0 atom stereocenters. The Balaban J connectivity index is 1.14. The van der Waals surface area contributed by atoms with Crippen molar-refractivity contribution in [2.45, 2.75) is 0 Å². The van der Waals surface area contributed by atoms with E-state index in [1.54, 1.807) is 0 Å². The molecule has 248 valence electrons. The molecular formula is C50H32N2S. The summed E-state index contributed by atoms with van der Waals surface area (Å²) in [5.41, 5.74) is 9.46. The summed E-state index contributed by atoms with van der Waals surface area (Å²) < 4.78 is 5.08. The highest BCUT2D eigenvalue weighted by Crippen LogP contribution is 2.45. The van der Waals surface area contributed by atoms with Crippen LogP contribution in [0.5, 0.6) is 0 Å². The average Bonchev–Trinajstić information content (AvgIpc) is 3.76. The summed E-state index contributed by atoms with van der Waals surface area (Å²) in [6.45, 7) is 0. The lowest BCUT2D eigenvalue weighted by atomic mass is 10.0. The molecule has 0 radical (unpaired) electrons. The fourth-order valence-electron chi connectivity index (χ4n) is 8.29. The average molecular weight is 693 g/mol. The highest BCUT2D eigenvalue weighted by atomic mass is 32.1. The third kappa shape index (κ3) is 4.78. The number of thiophene rings is 1. The Kier molecular flexibility index (Phi) is 6.76. The van der Waals surface area contributed by atoms with Crippen molar-refractivity contribution in [3.63, 3.8) is 0 Å². The summed E-state index contributed by atoms with van der Waals surface area (Å²) in [7, 11) is 0. The lowest BCUT2D eigenvalue weighted by molar-refractivity contribution is 1.19. The molecule has 3 heteroatoms. The summed E-state index contributed by atoms with van der Waals surface area (Å²) in [5, 5.41) is 10.1. The molecule has 0 bridgehead atoms. The predicted octanol–water partition coefficient (Wildman–Crippen LogP) is 14.6. The van der Waals surface area contributed by atoms with Crippen LogP contribution in [0.3, 0.4) is 0 Å². The van der Waals surface area contributed by atoms with Gasteiger partial charge in [-0.3, -0.25) is 0 Å². The van der Waals surface area contributed by atoms with Gasteiger partial charge in [0.1, 0.15) is 0 Å². The van der Waals surface area contributed by atoms with Crippen molar-refractivity contribution < 1.29 is 0 Å². The molecule has 53 heavy (non-hydrogen) atoms. The number of rotatable bonds is 5. The minimum atomic E-state index is 1.12. The van der Waals surface area contributed by atoms with Crippen LogP contribution in [0.4, 0.5) is 17.1 Å². The van der Waals surface area contributed by atoms with E-state index in [1.165, 1.54) is 80.3 Å². The first-order valence-electron chi connectivity index (χ1n) is 18.1. The van der Waals surface area contributed by atoms with Crippen LogP contribution >= 0.6 is 11.3 Å². The molecule has 0 unspecified atom stereocenters. The molecule has 2 nitrogen and oxygen atoms in total. The molecular weight excluding hydrogens is 661 g/mol. The van der Waals surface area contributed by atoms with E-state index >= 15 is 0 Å². The molecule has 0 amide bonds. The van der Waals surface area contributed by atoms with E-state index in [-0.39, 0.29) is 0 Å². The van der Waals surface area contributed by atoms with Crippen molar-refractivity contribution in [1.29, 1.82) is 0 Å². The van der Waals surface area contributed by atoms with Crippen LogP contribution in [0.15, 0.2) is 194 Å². The molecule has 0 spiro atoms. The lowest BCUT2D eigenvalue weighted by Crippen LogP contribution is -2.10. The Morgan fingerprint density at radius 2 is 1.04 bits per heavy atom. The van der Waals surface area contributed by atoms with Gasteiger partial charge in [0.25, 0.3) is 0 Å². The van der Waals surface area contributed by atoms with Gasteiger partial charge in [0, 0.05) is 59.0 Å². The van der Waals surface area contributed by atoms with Crippen LogP contribution < -0.4 is 4.90 Å². The van der Waals surface area contributed by atoms with Gasteiger partial charge in [-0.25, -0.2) is 0 Å². The number of para-hydroxylation sites is 2. The molecule has 0 aliphatic carbocycles. The van der Waals surface area contributed by atoms with E-state index in [0.717, 1.165) is 17.1 Å². The topological polar surface area (TPSA) is 8.17 Å². The van der Waals surface area contributed by atoms with Crippen LogP contribution in [0.1, 0.15) is 0 Å². The number of nitrogens with zero attached hydrogens (tertiary/aromatic N) is 2. The van der Waals surface area contributed by atoms with Gasteiger partial charge in [0.15, 0.2) is 0 Å². The first-order chi connectivity index (χ1) is 26.3. The molecule has 2 heterocycles. The Labute approximate surface area is 311 Å². The molecule has 0 aliphatic rings. The van der Waals surface area contributed by atoms with Gasteiger partial charge in [-0.2, -0.15) is 0 Å². The summed E-state index contributed by atoms with van der Waals surface area (Å²) in [6.07, 6.45) is 0. The molecule has 2 aromatic heterocycles. The zero-order chi connectivity index (χ0) is 34.9. The number of hydrogen-bond acceptors (Lipinski definition) is 2. The van der Waals surface area contributed by atoms with Crippen molar-refractivity contribution in [3.05, 3.63) is 194 Å². The number of fused-ring (bicyclic) bond motifs is 8. The Morgan fingerprint density at radius 1 is 0.396 bits per heavy atom. The molecule has 11 aromatic rings. The van der Waals surface area contributed by atoms with Crippen LogP contribution in [-0.2, 0) is 0 Å². The molecule has 0 N–H and O–H groups in total. The standard InChI is InChI=1S/C50H32N2S/c1-2-17-37(18-3-1)51(46-23-12-16-33-13-6-7-19-40(33)46)38-27-25-34(26-28-38)43-31-39(32-45-42-21-9-11-24-49(42)53-50(43)45)52-47-22-10-8-20-41(47)44-29-35-14-4-5-15-36(35)30-48(44)52/h1-32H. The van der Waals surface area contributed by atoms with E-state index in [1.807, 2.05) is 11.3 Å². The van der Waals surface area contributed by atoms with E-state index in [2.05, 4.69) is 204 Å². The molecule has 0 saturated carbocycles. The Hall–Kier alpha value is -6.68. The van der Waals surface area contributed by atoms with Gasteiger partial charge in [0.05, 0.1) is 16.7 Å². The minimum Gasteiger partial charge on any atom is -0.310 e. The van der Waals surface area contributed by atoms with Gasteiger partial charge >= 0.3 is 0 Å².